The first-order valence-corrected chi connectivity index (χ1v) is 8.91. The van der Waals surface area contributed by atoms with Crippen LogP contribution < -0.4 is 10.6 Å². The van der Waals surface area contributed by atoms with Gasteiger partial charge >= 0.3 is 5.97 Å². The molecule has 134 valence electrons. The fourth-order valence-corrected chi connectivity index (χ4v) is 2.59. The van der Waals surface area contributed by atoms with E-state index in [4.69, 9.17) is 10.4 Å². The Morgan fingerprint density at radius 2 is 1.96 bits per heavy atom. The van der Waals surface area contributed by atoms with Gasteiger partial charge in [0.2, 0.25) is 0 Å². The summed E-state index contributed by atoms with van der Waals surface area (Å²) in [5.74, 6) is -1.23. The van der Waals surface area contributed by atoms with Gasteiger partial charge in [0.25, 0.3) is 5.91 Å². The number of nitrogens with one attached hydrogen (secondary N) is 2. The standard InChI is InChI=1S/C18H22BrN3O3/c19-16-7-4-3-6-14(16)9-11-21-13-15(12-20)18(25)22-10-5-1-2-8-17(23)24/h3-4,6-7,13,21H,1-2,5,8-11H2,(H,22,25)(H,23,24)/b15-13-. The average Bonchev–Trinajstić information content (AvgIpc) is 2.59. The van der Waals surface area contributed by atoms with Gasteiger partial charge in [-0.2, -0.15) is 5.26 Å². The summed E-state index contributed by atoms with van der Waals surface area (Å²) in [6.07, 6.45) is 4.33. The number of nitrogens with zero attached hydrogens (tertiary/aromatic N) is 1. The summed E-state index contributed by atoms with van der Waals surface area (Å²) in [4.78, 5) is 22.3. The summed E-state index contributed by atoms with van der Waals surface area (Å²) in [6.45, 7) is 1.03. The first-order chi connectivity index (χ1) is 12.0. The molecule has 0 aliphatic heterocycles. The molecule has 0 bridgehead atoms. The highest BCUT2D eigenvalue weighted by molar-refractivity contribution is 9.10. The van der Waals surface area contributed by atoms with Crippen molar-refractivity contribution in [2.24, 2.45) is 0 Å². The van der Waals surface area contributed by atoms with Gasteiger partial charge in [-0.25, -0.2) is 0 Å². The Balaban J connectivity index is 2.28. The largest absolute Gasteiger partial charge is 0.481 e. The molecule has 0 spiro atoms. The van der Waals surface area contributed by atoms with Crippen molar-refractivity contribution in [1.82, 2.24) is 10.6 Å². The molecule has 0 saturated heterocycles. The van der Waals surface area contributed by atoms with E-state index in [9.17, 15) is 9.59 Å². The predicted octanol–water partition coefficient (Wildman–Crippen LogP) is 2.75. The maximum atomic E-state index is 11.9. The summed E-state index contributed by atoms with van der Waals surface area (Å²) in [7, 11) is 0. The lowest BCUT2D eigenvalue weighted by Gasteiger charge is -2.06. The minimum atomic E-state index is -0.813. The van der Waals surface area contributed by atoms with E-state index >= 15 is 0 Å². The van der Waals surface area contributed by atoms with Crippen LogP contribution in [0.1, 0.15) is 31.2 Å². The maximum Gasteiger partial charge on any atom is 0.303 e. The molecule has 3 N–H and O–H groups in total. The van der Waals surface area contributed by atoms with Crippen molar-refractivity contribution in [2.45, 2.75) is 32.1 Å². The number of hydrogen-bond acceptors (Lipinski definition) is 4. The van der Waals surface area contributed by atoms with Crippen LogP contribution in [0.3, 0.4) is 0 Å². The van der Waals surface area contributed by atoms with Crippen LogP contribution in [0.15, 0.2) is 40.5 Å². The van der Waals surface area contributed by atoms with E-state index < -0.39 is 11.9 Å². The van der Waals surface area contributed by atoms with E-state index in [0.29, 0.717) is 25.9 Å². The Labute approximate surface area is 156 Å². The second-order valence-electron chi connectivity index (χ2n) is 5.43. The molecule has 1 aromatic carbocycles. The second-order valence-corrected chi connectivity index (χ2v) is 6.28. The quantitative estimate of drug-likeness (QED) is 0.297. The number of carboxylic acid groups (broad SMARTS) is 1. The van der Waals surface area contributed by atoms with Gasteiger partial charge in [-0.05, 0) is 30.9 Å². The number of benzene rings is 1. The van der Waals surface area contributed by atoms with Crippen molar-refractivity contribution in [1.29, 1.82) is 5.26 Å². The number of unbranched alkanes of at least 4 members (excludes halogenated alkanes) is 2. The van der Waals surface area contributed by atoms with Gasteiger partial charge in [0.1, 0.15) is 11.6 Å². The third-order valence-electron chi connectivity index (χ3n) is 3.46. The van der Waals surface area contributed by atoms with Gasteiger partial charge in [-0.1, -0.05) is 40.5 Å². The number of carbonyl (C=O) groups excluding carboxylic acids is 1. The molecule has 0 aromatic heterocycles. The zero-order chi connectivity index (χ0) is 18.5. The fourth-order valence-electron chi connectivity index (χ4n) is 2.11. The van der Waals surface area contributed by atoms with Crippen LogP contribution in [0.5, 0.6) is 0 Å². The normalized spacial score (nSPS) is 10.8. The summed E-state index contributed by atoms with van der Waals surface area (Å²) < 4.78 is 1.03. The van der Waals surface area contributed by atoms with Crippen LogP contribution in [0, 0.1) is 11.3 Å². The molecule has 0 heterocycles. The topological polar surface area (TPSA) is 102 Å². The molecule has 1 aromatic rings. The third-order valence-corrected chi connectivity index (χ3v) is 4.23. The number of carbonyl (C=O) groups is 2. The van der Waals surface area contributed by atoms with Gasteiger partial charge in [0.15, 0.2) is 0 Å². The molecule has 0 aliphatic rings. The molecule has 25 heavy (non-hydrogen) atoms. The van der Waals surface area contributed by atoms with Crippen LogP contribution in [0.25, 0.3) is 0 Å². The molecular formula is C18H22BrN3O3. The molecular weight excluding hydrogens is 386 g/mol. The van der Waals surface area contributed by atoms with Crippen molar-refractivity contribution in [3.05, 3.63) is 46.1 Å². The minimum Gasteiger partial charge on any atom is -0.481 e. The van der Waals surface area contributed by atoms with Crippen LogP contribution in [-0.2, 0) is 16.0 Å². The van der Waals surface area contributed by atoms with Crippen molar-refractivity contribution in [2.75, 3.05) is 13.1 Å². The number of amides is 1. The lowest BCUT2D eigenvalue weighted by Crippen LogP contribution is -2.27. The molecule has 0 fully saturated rings. The Kier molecular flexibility index (Phi) is 10.0. The second kappa shape index (κ2) is 12.1. The summed E-state index contributed by atoms with van der Waals surface area (Å²) in [5.41, 5.74) is 1.17. The van der Waals surface area contributed by atoms with Crippen LogP contribution in [-0.4, -0.2) is 30.1 Å². The summed E-state index contributed by atoms with van der Waals surface area (Å²) in [5, 5.41) is 23.2. The molecule has 0 unspecified atom stereocenters. The van der Waals surface area contributed by atoms with E-state index in [1.165, 1.54) is 6.20 Å². The monoisotopic (exact) mass is 407 g/mol. The summed E-state index contributed by atoms with van der Waals surface area (Å²) in [6, 6.07) is 9.76. The van der Waals surface area contributed by atoms with E-state index in [2.05, 4.69) is 26.6 Å². The van der Waals surface area contributed by atoms with Crippen LogP contribution >= 0.6 is 15.9 Å². The lowest BCUT2D eigenvalue weighted by molar-refractivity contribution is -0.137. The van der Waals surface area contributed by atoms with E-state index in [1.807, 2.05) is 30.3 Å². The van der Waals surface area contributed by atoms with E-state index in [-0.39, 0.29) is 12.0 Å². The van der Waals surface area contributed by atoms with Crippen molar-refractivity contribution < 1.29 is 14.7 Å². The highest BCUT2D eigenvalue weighted by Gasteiger charge is 2.07. The molecule has 1 amide bonds. The van der Waals surface area contributed by atoms with Crippen LogP contribution in [0.4, 0.5) is 0 Å². The zero-order valence-electron chi connectivity index (χ0n) is 13.9. The maximum absolute atomic E-state index is 11.9. The van der Waals surface area contributed by atoms with Crippen molar-refractivity contribution in [3.63, 3.8) is 0 Å². The Morgan fingerprint density at radius 3 is 2.64 bits per heavy atom. The molecule has 0 radical (unpaired) electrons. The average molecular weight is 408 g/mol. The zero-order valence-corrected chi connectivity index (χ0v) is 15.5. The van der Waals surface area contributed by atoms with Gasteiger partial charge in [0.05, 0.1) is 0 Å². The smallest absolute Gasteiger partial charge is 0.303 e. The third kappa shape index (κ3) is 8.91. The molecule has 0 aliphatic carbocycles. The fraction of sp³-hybridized carbons (Fsp3) is 0.389. The van der Waals surface area contributed by atoms with E-state index in [0.717, 1.165) is 22.9 Å². The number of nitriles is 1. The first kappa shape index (κ1) is 20.7. The number of rotatable bonds is 11. The number of carboxylic acids is 1. The van der Waals surface area contributed by atoms with Gasteiger partial charge in [-0.15, -0.1) is 0 Å². The number of hydrogen-bond donors (Lipinski definition) is 3. The molecule has 0 saturated carbocycles. The van der Waals surface area contributed by atoms with Gasteiger partial charge < -0.3 is 15.7 Å². The molecule has 1 rings (SSSR count). The predicted molar refractivity (Wildman–Crippen MR) is 98.7 cm³/mol. The van der Waals surface area contributed by atoms with Crippen LogP contribution in [0.2, 0.25) is 0 Å². The first-order valence-electron chi connectivity index (χ1n) is 8.11. The Bertz CT molecular complexity index is 653. The number of aliphatic carboxylic acids is 1. The Morgan fingerprint density at radius 1 is 1.20 bits per heavy atom. The minimum absolute atomic E-state index is 0.0256. The van der Waals surface area contributed by atoms with Gasteiger partial charge in [-0.3, -0.25) is 9.59 Å². The lowest BCUT2D eigenvalue weighted by atomic mass is 10.1. The molecule has 7 heteroatoms. The highest BCUT2D eigenvalue weighted by Crippen LogP contribution is 2.15. The Hall–Kier alpha value is -2.33. The van der Waals surface area contributed by atoms with E-state index in [1.54, 1.807) is 0 Å². The molecule has 0 atom stereocenters. The molecule has 6 nitrogen and oxygen atoms in total. The SMILES string of the molecule is N#C/C(=C/NCCc1ccccc1Br)C(=O)NCCCCCC(=O)O. The van der Waals surface area contributed by atoms with Crippen molar-refractivity contribution >= 4 is 27.8 Å². The number of halogens is 1. The van der Waals surface area contributed by atoms with Crippen molar-refractivity contribution in [3.8, 4) is 6.07 Å². The highest BCUT2D eigenvalue weighted by atomic mass is 79.9. The summed E-state index contributed by atoms with van der Waals surface area (Å²) >= 11 is 3.48. The van der Waals surface area contributed by atoms with Gasteiger partial charge in [0, 0.05) is 30.2 Å².